The molecule has 0 atom stereocenters. The zero-order valence-electron chi connectivity index (χ0n) is 11.0. The molecule has 3 rings (SSSR count). The van der Waals surface area contributed by atoms with Crippen LogP contribution in [0.15, 0.2) is 24.3 Å². The van der Waals surface area contributed by atoms with Gasteiger partial charge in [-0.05, 0) is 42.7 Å². The van der Waals surface area contributed by atoms with Crippen LogP contribution in [0.25, 0.3) is 10.9 Å². The first-order valence-corrected chi connectivity index (χ1v) is 6.57. The van der Waals surface area contributed by atoms with E-state index in [1.165, 1.54) is 0 Å². The van der Waals surface area contributed by atoms with Crippen molar-refractivity contribution in [1.29, 1.82) is 0 Å². The summed E-state index contributed by atoms with van der Waals surface area (Å²) in [5, 5.41) is 1.05. The molecule has 0 spiro atoms. The van der Waals surface area contributed by atoms with Crippen molar-refractivity contribution in [1.82, 2.24) is 9.88 Å². The average Bonchev–Trinajstić information content (AvgIpc) is 2.57. The van der Waals surface area contributed by atoms with Gasteiger partial charge in [-0.15, -0.1) is 0 Å². The number of aryl methyl sites for hydroxylation is 1. The van der Waals surface area contributed by atoms with Gasteiger partial charge in [0.05, 0.1) is 5.52 Å². The highest BCUT2D eigenvalue weighted by Gasteiger charge is 2.17. The van der Waals surface area contributed by atoms with Crippen molar-refractivity contribution in [2.45, 2.75) is 26.3 Å². The number of hydrogen-bond acceptors (Lipinski definition) is 3. The third-order valence-corrected chi connectivity index (χ3v) is 3.66. The fraction of sp³-hybridized carbons (Fsp3) is 0.333. The Hall–Kier alpha value is -2.10. The molecule has 2 aromatic rings. The molecule has 1 aliphatic rings. The lowest BCUT2D eigenvalue weighted by Gasteiger charge is -2.18. The van der Waals surface area contributed by atoms with Gasteiger partial charge in [0.25, 0.3) is 0 Å². The Kier molecular flexibility index (Phi) is 2.85. The molecule has 0 saturated heterocycles. The normalized spacial score (nSPS) is 15.1. The van der Waals surface area contributed by atoms with E-state index in [9.17, 15) is 4.79 Å². The minimum atomic E-state index is 0.125. The predicted molar refractivity (Wildman–Crippen MR) is 75.6 cm³/mol. The summed E-state index contributed by atoms with van der Waals surface area (Å²) in [6, 6.07) is 7.89. The Balaban J connectivity index is 2.09. The fourth-order valence-corrected chi connectivity index (χ4v) is 2.62. The van der Waals surface area contributed by atoms with Crippen LogP contribution in [-0.4, -0.2) is 22.3 Å². The summed E-state index contributed by atoms with van der Waals surface area (Å²) >= 11 is 0. The van der Waals surface area contributed by atoms with E-state index < -0.39 is 0 Å². The highest BCUT2D eigenvalue weighted by Crippen LogP contribution is 2.23. The van der Waals surface area contributed by atoms with Gasteiger partial charge in [-0.3, -0.25) is 9.78 Å². The maximum atomic E-state index is 11.6. The van der Waals surface area contributed by atoms with Gasteiger partial charge in [-0.1, -0.05) is 0 Å². The Morgan fingerprint density at radius 1 is 1.37 bits per heavy atom. The third kappa shape index (κ3) is 2.26. The van der Waals surface area contributed by atoms with E-state index in [0.717, 1.165) is 47.2 Å². The van der Waals surface area contributed by atoms with E-state index >= 15 is 0 Å². The highest BCUT2D eigenvalue weighted by molar-refractivity contribution is 5.83. The first-order valence-electron chi connectivity index (χ1n) is 6.57. The molecule has 0 saturated carbocycles. The number of anilines is 1. The van der Waals surface area contributed by atoms with E-state index in [1.54, 1.807) is 6.92 Å². The molecule has 0 fully saturated rings. The number of nitrogens with two attached hydrogens (primary N) is 1. The molecule has 0 radical (unpaired) electrons. The maximum absolute atomic E-state index is 11.6. The zero-order chi connectivity index (χ0) is 13.4. The van der Waals surface area contributed by atoms with Crippen LogP contribution in [0.5, 0.6) is 0 Å². The molecule has 0 bridgehead atoms. The van der Waals surface area contributed by atoms with Gasteiger partial charge in [-0.2, -0.15) is 0 Å². The summed E-state index contributed by atoms with van der Waals surface area (Å²) in [5.41, 5.74) is 9.79. The second kappa shape index (κ2) is 4.53. The molecule has 2 heterocycles. The van der Waals surface area contributed by atoms with Crippen molar-refractivity contribution >= 4 is 22.5 Å². The smallest absolute Gasteiger partial charge is 0.219 e. The van der Waals surface area contributed by atoms with Crippen molar-refractivity contribution in [2.24, 2.45) is 0 Å². The average molecular weight is 255 g/mol. The molecule has 2 N–H and O–H groups in total. The van der Waals surface area contributed by atoms with Gasteiger partial charge in [0.2, 0.25) is 5.91 Å². The Morgan fingerprint density at radius 2 is 2.21 bits per heavy atom. The van der Waals surface area contributed by atoms with Crippen LogP contribution < -0.4 is 5.73 Å². The second-order valence-corrected chi connectivity index (χ2v) is 5.09. The minimum Gasteiger partial charge on any atom is -0.399 e. The highest BCUT2D eigenvalue weighted by atomic mass is 16.2. The van der Waals surface area contributed by atoms with E-state index in [-0.39, 0.29) is 5.91 Å². The van der Waals surface area contributed by atoms with Crippen LogP contribution in [0.4, 0.5) is 5.69 Å². The second-order valence-electron chi connectivity index (χ2n) is 5.09. The number of pyridine rings is 1. The van der Waals surface area contributed by atoms with Crippen molar-refractivity contribution in [3.8, 4) is 0 Å². The van der Waals surface area contributed by atoms with Gasteiger partial charge in [-0.25, -0.2) is 0 Å². The molecule has 1 aromatic heterocycles. The summed E-state index contributed by atoms with van der Waals surface area (Å²) in [6.07, 6.45) is 1.90. The van der Waals surface area contributed by atoms with Crippen LogP contribution in [0.2, 0.25) is 0 Å². The lowest BCUT2D eigenvalue weighted by Crippen LogP contribution is -2.28. The van der Waals surface area contributed by atoms with Crippen molar-refractivity contribution in [3.05, 3.63) is 35.5 Å². The number of hydrogen-bond donors (Lipinski definition) is 1. The molecule has 4 nitrogen and oxygen atoms in total. The number of aromatic nitrogens is 1. The van der Waals surface area contributed by atoms with Crippen LogP contribution in [0.3, 0.4) is 0 Å². The minimum absolute atomic E-state index is 0.125. The molecular formula is C15H17N3O. The van der Waals surface area contributed by atoms with Gasteiger partial charge < -0.3 is 10.6 Å². The molecule has 1 aliphatic heterocycles. The molecule has 19 heavy (non-hydrogen) atoms. The van der Waals surface area contributed by atoms with Crippen molar-refractivity contribution in [3.63, 3.8) is 0 Å². The fourth-order valence-electron chi connectivity index (χ4n) is 2.62. The number of rotatable bonds is 0. The van der Waals surface area contributed by atoms with E-state index in [0.29, 0.717) is 6.54 Å². The van der Waals surface area contributed by atoms with Crippen LogP contribution in [0.1, 0.15) is 24.6 Å². The SMILES string of the molecule is CC(=O)N1CCCc2nc3ccc(N)cc3cc2C1. The van der Waals surface area contributed by atoms with Gasteiger partial charge in [0, 0.05) is 36.8 Å². The van der Waals surface area contributed by atoms with Crippen LogP contribution in [0, 0.1) is 0 Å². The standard InChI is InChI=1S/C15H17N3O/c1-10(19)18-6-2-3-14-12(9-18)7-11-8-13(16)4-5-15(11)17-14/h4-5,7-8H,2-3,6,9,16H2,1H3. The Bertz CT molecular complexity index is 651. The third-order valence-electron chi connectivity index (χ3n) is 3.66. The Labute approximate surface area is 112 Å². The topological polar surface area (TPSA) is 59.2 Å². The summed E-state index contributed by atoms with van der Waals surface area (Å²) in [6.45, 7) is 3.09. The molecule has 0 unspecified atom stereocenters. The van der Waals surface area contributed by atoms with Crippen molar-refractivity contribution < 1.29 is 4.79 Å². The largest absolute Gasteiger partial charge is 0.399 e. The predicted octanol–water partition coefficient (Wildman–Crippen LogP) is 2.11. The summed E-state index contributed by atoms with van der Waals surface area (Å²) in [7, 11) is 0. The van der Waals surface area contributed by atoms with Crippen LogP contribution >= 0.6 is 0 Å². The lowest BCUT2D eigenvalue weighted by molar-refractivity contribution is -0.129. The zero-order valence-corrected chi connectivity index (χ0v) is 11.0. The molecular weight excluding hydrogens is 238 g/mol. The summed E-state index contributed by atoms with van der Waals surface area (Å²) < 4.78 is 0. The number of amides is 1. The molecule has 1 aromatic carbocycles. The first kappa shape index (κ1) is 12.0. The van der Waals surface area contributed by atoms with Gasteiger partial charge >= 0.3 is 0 Å². The molecule has 0 aliphatic carbocycles. The summed E-state index contributed by atoms with van der Waals surface area (Å²) in [5.74, 6) is 0.125. The number of carbonyl (C=O) groups is 1. The quantitative estimate of drug-likeness (QED) is 0.733. The van der Waals surface area contributed by atoms with E-state index in [4.69, 9.17) is 10.7 Å². The summed E-state index contributed by atoms with van der Waals surface area (Å²) in [4.78, 5) is 18.2. The first-order chi connectivity index (χ1) is 9.13. The molecule has 4 heteroatoms. The maximum Gasteiger partial charge on any atom is 0.219 e. The van der Waals surface area contributed by atoms with E-state index in [1.807, 2.05) is 23.1 Å². The number of nitrogens with zero attached hydrogens (tertiary/aromatic N) is 2. The number of nitrogen functional groups attached to an aromatic ring is 1. The van der Waals surface area contributed by atoms with Gasteiger partial charge in [0.1, 0.15) is 0 Å². The Morgan fingerprint density at radius 3 is 3.00 bits per heavy atom. The van der Waals surface area contributed by atoms with Crippen LogP contribution in [-0.2, 0) is 17.8 Å². The van der Waals surface area contributed by atoms with E-state index in [2.05, 4.69) is 6.07 Å². The number of benzene rings is 1. The monoisotopic (exact) mass is 255 g/mol. The van der Waals surface area contributed by atoms with Crippen molar-refractivity contribution in [2.75, 3.05) is 12.3 Å². The number of carbonyl (C=O) groups excluding carboxylic acids is 1. The lowest BCUT2D eigenvalue weighted by atomic mass is 10.1. The van der Waals surface area contributed by atoms with Gasteiger partial charge in [0.15, 0.2) is 0 Å². The molecule has 1 amide bonds. The number of fused-ring (bicyclic) bond motifs is 2. The molecule has 98 valence electrons.